The topological polar surface area (TPSA) is 58.2 Å². The Morgan fingerprint density at radius 1 is 1.33 bits per heavy atom. The Morgan fingerprint density at radius 2 is 2.11 bits per heavy atom. The molecule has 2 fully saturated rings. The molecule has 2 aliphatic rings. The fourth-order valence-electron chi connectivity index (χ4n) is 3.16. The van der Waals surface area contributed by atoms with E-state index in [-0.39, 0.29) is 5.54 Å². The van der Waals surface area contributed by atoms with Gasteiger partial charge in [-0.1, -0.05) is 6.92 Å². The van der Waals surface area contributed by atoms with Crippen molar-refractivity contribution in [3.63, 3.8) is 0 Å². The van der Waals surface area contributed by atoms with E-state index in [0.29, 0.717) is 16.9 Å². The molecule has 2 N–H and O–H groups in total. The van der Waals surface area contributed by atoms with Gasteiger partial charge in [-0.05, 0) is 44.6 Å². The number of hydrogen-bond donors (Lipinski definition) is 2. The van der Waals surface area contributed by atoms with Gasteiger partial charge in [0, 0.05) is 18.6 Å². The smallest absolute Gasteiger partial charge is 0.152 e. The van der Waals surface area contributed by atoms with Crippen LogP contribution < -0.4 is 10.6 Å². The first kappa shape index (κ1) is 14.3. The van der Waals surface area contributed by atoms with Crippen molar-refractivity contribution < 1.29 is 8.42 Å². The summed E-state index contributed by atoms with van der Waals surface area (Å²) in [6, 6.07) is 0. The van der Waals surface area contributed by atoms with Crippen LogP contribution in [0.2, 0.25) is 0 Å². The van der Waals surface area contributed by atoms with Gasteiger partial charge in [-0.15, -0.1) is 0 Å². The molecule has 0 aliphatic carbocycles. The maximum absolute atomic E-state index is 11.6. The molecule has 106 valence electrons. The van der Waals surface area contributed by atoms with E-state index in [2.05, 4.69) is 24.5 Å². The lowest BCUT2D eigenvalue weighted by Crippen LogP contribution is -2.52. The lowest BCUT2D eigenvalue weighted by Gasteiger charge is -2.40. The lowest BCUT2D eigenvalue weighted by molar-refractivity contribution is 0.174. The molecule has 2 saturated heterocycles. The maximum Gasteiger partial charge on any atom is 0.152 e. The third-order valence-corrected chi connectivity index (χ3v) is 6.61. The van der Waals surface area contributed by atoms with Gasteiger partial charge in [0.15, 0.2) is 9.84 Å². The van der Waals surface area contributed by atoms with E-state index in [9.17, 15) is 8.42 Å². The average molecular weight is 274 g/mol. The highest BCUT2D eigenvalue weighted by Crippen LogP contribution is 2.31. The molecule has 0 aromatic carbocycles. The van der Waals surface area contributed by atoms with E-state index in [1.807, 2.05) is 0 Å². The largest absolute Gasteiger partial charge is 0.316 e. The number of hydrogen-bond acceptors (Lipinski definition) is 4. The maximum atomic E-state index is 11.6. The molecule has 2 unspecified atom stereocenters. The minimum absolute atomic E-state index is 0.210. The van der Waals surface area contributed by atoms with Crippen molar-refractivity contribution in [3.8, 4) is 0 Å². The third-order valence-electron chi connectivity index (χ3n) is 4.70. The van der Waals surface area contributed by atoms with Crippen LogP contribution in [0.3, 0.4) is 0 Å². The number of sulfone groups is 1. The van der Waals surface area contributed by atoms with Crippen LogP contribution in [0.1, 0.15) is 39.5 Å². The van der Waals surface area contributed by atoms with Crippen LogP contribution in [0, 0.1) is 5.41 Å². The van der Waals surface area contributed by atoms with E-state index in [1.165, 1.54) is 12.8 Å². The molecule has 0 aromatic heterocycles. The van der Waals surface area contributed by atoms with Crippen LogP contribution in [-0.4, -0.2) is 45.1 Å². The first-order chi connectivity index (χ1) is 8.39. The summed E-state index contributed by atoms with van der Waals surface area (Å²) in [7, 11) is -2.81. The second kappa shape index (κ2) is 5.10. The lowest BCUT2D eigenvalue weighted by atomic mass is 9.77. The fraction of sp³-hybridized carbons (Fsp3) is 1.00. The molecule has 0 bridgehead atoms. The monoisotopic (exact) mass is 274 g/mol. The molecule has 2 aliphatic heterocycles. The normalized spacial score (nSPS) is 39.9. The Hall–Kier alpha value is -0.130. The zero-order chi connectivity index (χ0) is 13.3. The summed E-state index contributed by atoms with van der Waals surface area (Å²) in [5.74, 6) is 0.640. The second-order valence-corrected chi connectivity index (χ2v) is 8.57. The number of piperidine rings is 1. The van der Waals surface area contributed by atoms with E-state index in [1.54, 1.807) is 0 Å². The van der Waals surface area contributed by atoms with Crippen molar-refractivity contribution in [2.45, 2.75) is 45.1 Å². The van der Waals surface area contributed by atoms with Gasteiger partial charge in [0.05, 0.1) is 11.5 Å². The summed E-state index contributed by atoms with van der Waals surface area (Å²) in [4.78, 5) is 0. The second-order valence-electron chi connectivity index (χ2n) is 6.39. The molecule has 2 rings (SSSR count). The molecule has 0 aromatic rings. The molecule has 2 heterocycles. The van der Waals surface area contributed by atoms with Gasteiger partial charge >= 0.3 is 0 Å². The van der Waals surface area contributed by atoms with E-state index in [0.717, 1.165) is 32.5 Å². The molecule has 2 atom stereocenters. The van der Waals surface area contributed by atoms with E-state index < -0.39 is 9.84 Å². The summed E-state index contributed by atoms with van der Waals surface area (Å²) < 4.78 is 23.2. The zero-order valence-corrected chi connectivity index (χ0v) is 12.4. The molecule has 0 radical (unpaired) electrons. The minimum Gasteiger partial charge on any atom is -0.316 e. The van der Waals surface area contributed by atoms with Gasteiger partial charge in [0.2, 0.25) is 0 Å². The van der Waals surface area contributed by atoms with Crippen molar-refractivity contribution in [1.82, 2.24) is 10.6 Å². The quantitative estimate of drug-likeness (QED) is 0.801. The summed E-state index contributed by atoms with van der Waals surface area (Å²) in [6.07, 6.45) is 4.37. The van der Waals surface area contributed by atoms with Crippen molar-refractivity contribution in [2.24, 2.45) is 5.41 Å². The Labute approximate surface area is 111 Å². The Morgan fingerprint density at radius 3 is 2.61 bits per heavy atom. The van der Waals surface area contributed by atoms with Crippen molar-refractivity contribution >= 4 is 9.84 Å². The predicted octanol–water partition coefficient (Wildman–Crippen LogP) is 0.933. The summed E-state index contributed by atoms with van der Waals surface area (Å²) in [6.45, 7) is 7.40. The van der Waals surface area contributed by atoms with Gasteiger partial charge in [0.1, 0.15) is 0 Å². The summed E-state index contributed by atoms with van der Waals surface area (Å²) in [5, 5.41) is 7.03. The van der Waals surface area contributed by atoms with Gasteiger partial charge in [-0.25, -0.2) is 8.42 Å². The number of rotatable bonds is 4. The van der Waals surface area contributed by atoms with E-state index in [4.69, 9.17) is 0 Å². The molecular formula is C13H26N2O2S. The Bertz CT molecular complexity index is 388. The highest BCUT2D eigenvalue weighted by Gasteiger charge is 2.40. The van der Waals surface area contributed by atoms with Crippen molar-refractivity contribution in [2.75, 3.05) is 31.1 Å². The van der Waals surface area contributed by atoms with Crippen LogP contribution >= 0.6 is 0 Å². The van der Waals surface area contributed by atoms with Crippen LogP contribution in [0.5, 0.6) is 0 Å². The van der Waals surface area contributed by atoms with Crippen LogP contribution in [0.25, 0.3) is 0 Å². The molecule has 5 heteroatoms. The third kappa shape index (κ3) is 3.25. The first-order valence-electron chi connectivity index (χ1n) is 7.05. The molecule has 18 heavy (non-hydrogen) atoms. The van der Waals surface area contributed by atoms with Gasteiger partial charge in [-0.3, -0.25) is 0 Å². The van der Waals surface area contributed by atoms with Gasteiger partial charge in [0.25, 0.3) is 0 Å². The van der Waals surface area contributed by atoms with Crippen molar-refractivity contribution in [1.29, 1.82) is 0 Å². The summed E-state index contributed by atoms with van der Waals surface area (Å²) in [5.41, 5.74) is 0.103. The average Bonchev–Trinajstić information content (AvgIpc) is 2.63. The molecule has 4 nitrogen and oxygen atoms in total. The SMILES string of the molecule is CCC1(CNC2(C)CCS(=O)(=O)C2)CCCNC1. The zero-order valence-electron chi connectivity index (χ0n) is 11.6. The molecule has 0 saturated carbocycles. The van der Waals surface area contributed by atoms with Crippen LogP contribution in [-0.2, 0) is 9.84 Å². The highest BCUT2D eigenvalue weighted by molar-refractivity contribution is 7.91. The van der Waals surface area contributed by atoms with Crippen LogP contribution in [0.15, 0.2) is 0 Å². The standard InChI is InChI=1S/C13H26N2O2S/c1-3-13(5-4-7-14-9-13)10-15-12(2)6-8-18(16,17)11-12/h14-15H,3-11H2,1-2H3. The van der Waals surface area contributed by atoms with Gasteiger partial charge in [-0.2, -0.15) is 0 Å². The van der Waals surface area contributed by atoms with E-state index >= 15 is 0 Å². The minimum atomic E-state index is -2.81. The predicted molar refractivity (Wildman–Crippen MR) is 74.5 cm³/mol. The molecular weight excluding hydrogens is 248 g/mol. The fourth-order valence-corrected chi connectivity index (χ4v) is 5.28. The Balaban J connectivity index is 1.94. The van der Waals surface area contributed by atoms with Gasteiger partial charge < -0.3 is 10.6 Å². The highest BCUT2D eigenvalue weighted by atomic mass is 32.2. The number of nitrogens with one attached hydrogen (secondary N) is 2. The molecule has 0 spiro atoms. The summed E-state index contributed by atoms with van der Waals surface area (Å²) >= 11 is 0. The van der Waals surface area contributed by atoms with Crippen molar-refractivity contribution in [3.05, 3.63) is 0 Å². The molecule has 0 amide bonds. The van der Waals surface area contributed by atoms with Crippen LogP contribution in [0.4, 0.5) is 0 Å². The first-order valence-corrected chi connectivity index (χ1v) is 8.87. The Kier molecular flexibility index (Phi) is 4.04.